The summed E-state index contributed by atoms with van der Waals surface area (Å²) in [5.74, 6) is -2.46. The Balaban J connectivity index is 2.02. The molecule has 2 aliphatic heterocycles. The van der Waals surface area contributed by atoms with Crippen LogP contribution in [-0.4, -0.2) is 69.8 Å². The molecule has 1 spiro atoms. The van der Waals surface area contributed by atoms with E-state index in [0.717, 1.165) is 0 Å². The summed E-state index contributed by atoms with van der Waals surface area (Å²) in [4.78, 5) is 25.6. The number of phenolic OH excluding ortho intramolecular Hbond substituents is 2. The van der Waals surface area contributed by atoms with Gasteiger partial charge in [0.25, 0.3) is 0 Å². The van der Waals surface area contributed by atoms with Gasteiger partial charge in [-0.1, -0.05) is 34.6 Å². The van der Waals surface area contributed by atoms with E-state index >= 15 is 0 Å². The quantitative estimate of drug-likeness (QED) is 0.219. The van der Waals surface area contributed by atoms with Crippen LogP contribution in [0.3, 0.4) is 0 Å². The summed E-state index contributed by atoms with van der Waals surface area (Å²) >= 11 is 0. The Labute approximate surface area is 206 Å². The van der Waals surface area contributed by atoms with E-state index in [0.29, 0.717) is 19.1 Å². The summed E-state index contributed by atoms with van der Waals surface area (Å²) < 4.78 is 16.9. The highest BCUT2D eigenvalue weighted by atomic mass is 16.7. The molecule has 4 unspecified atom stereocenters. The number of ketones is 1. The Hall–Kier alpha value is -2.04. The van der Waals surface area contributed by atoms with Crippen molar-refractivity contribution in [3.63, 3.8) is 0 Å². The first kappa shape index (κ1) is 27.5. The molecule has 2 saturated heterocycles. The molecule has 9 heteroatoms. The summed E-state index contributed by atoms with van der Waals surface area (Å²) in [7, 11) is 1.46. The van der Waals surface area contributed by atoms with Gasteiger partial charge >= 0.3 is 0 Å². The number of aliphatic hydroxyl groups is 2. The van der Waals surface area contributed by atoms with Crippen LogP contribution in [0.4, 0.5) is 0 Å². The van der Waals surface area contributed by atoms with Crippen LogP contribution >= 0.6 is 0 Å². The minimum absolute atomic E-state index is 0.0462. The SMILES string of the molecule is CC[C@@H]1OC12[C@H](O)CC(C(CC(C)C)C(=O)c1cc(C(OC)C(C)C)c(O)c(C=O)c1O)O[C@H]2O. The highest BCUT2D eigenvalue weighted by Gasteiger charge is 2.68. The van der Waals surface area contributed by atoms with E-state index in [4.69, 9.17) is 14.2 Å². The molecule has 4 N–H and O–H groups in total. The number of hydrogen-bond acceptors (Lipinski definition) is 9. The van der Waals surface area contributed by atoms with Gasteiger partial charge in [-0.05, 0) is 30.7 Å². The van der Waals surface area contributed by atoms with E-state index in [9.17, 15) is 30.0 Å². The molecular weight excluding hydrogens is 456 g/mol. The van der Waals surface area contributed by atoms with Crippen LogP contribution in [-0.2, 0) is 14.2 Å². The summed E-state index contributed by atoms with van der Waals surface area (Å²) in [5, 5.41) is 43.0. The average molecular weight is 495 g/mol. The standard InChI is InChI=1S/C26H38O9/c1-7-20-26(35-20)19(28)10-18(34-25(26)32)14(8-12(2)3)21(29)15-9-16(24(33-6)13(4)5)23(31)17(11-27)22(15)30/h9,11-14,18-20,24-25,28,30-32H,7-8,10H2,1-6H3/t14?,18?,19-,20+,24?,25-,26?/m1/s1. The number of methoxy groups -OCH3 is 1. The highest BCUT2D eigenvalue weighted by Crippen LogP contribution is 2.51. The van der Waals surface area contributed by atoms with Crippen LogP contribution in [0.25, 0.3) is 0 Å². The minimum Gasteiger partial charge on any atom is -0.507 e. The molecule has 9 nitrogen and oxygen atoms in total. The first-order chi connectivity index (χ1) is 16.4. The van der Waals surface area contributed by atoms with E-state index in [1.165, 1.54) is 13.2 Å². The maximum Gasteiger partial charge on any atom is 0.189 e. The summed E-state index contributed by atoms with van der Waals surface area (Å²) in [6, 6.07) is 1.36. The largest absolute Gasteiger partial charge is 0.507 e. The molecule has 0 aromatic heterocycles. The van der Waals surface area contributed by atoms with Crippen LogP contribution in [0, 0.1) is 17.8 Å². The van der Waals surface area contributed by atoms with Gasteiger partial charge in [0.05, 0.1) is 35.5 Å². The third kappa shape index (κ3) is 4.84. The van der Waals surface area contributed by atoms with Gasteiger partial charge in [-0.2, -0.15) is 0 Å². The number of epoxide rings is 1. The number of aromatic hydroxyl groups is 2. The monoisotopic (exact) mass is 494 g/mol. The predicted molar refractivity (Wildman–Crippen MR) is 126 cm³/mol. The van der Waals surface area contributed by atoms with Gasteiger partial charge in [0.2, 0.25) is 0 Å². The van der Waals surface area contributed by atoms with Crippen LogP contribution < -0.4 is 0 Å². The molecule has 0 bridgehead atoms. The lowest BCUT2D eigenvalue weighted by Gasteiger charge is -2.39. The number of ether oxygens (including phenoxy) is 3. The molecule has 2 aliphatic rings. The third-order valence-corrected chi connectivity index (χ3v) is 7.23. The van der Waals surface area contributed by atoms with E-state index in [1.807, 2.05) is 34.6 Å². The zero-order chi connectivity index (χ0) is 26.2. The van der Waals surface area contributed by atoms with Gasteiger partial charge in [0, 0.05) is 25.0 Å². The number of carbonyl (C=O) groups excluding carboxylic acids is 2. The molecule has 3 rings (SSSR count). The second kappa shape index (κ2) is 10.5. The molecule has 35 heavy (non-hydrogen) atoms. The van der Waals surface area contributed by atoms with Crippen LogP contribution in [0.15, 0.2) is 6.07 Å². The minimum atomic E-state index is -1.41. The number of carbonyl (C=O) groups is 2. The third-order valence-electron chi connectivity index (χ3n) is 7.23. The van der Waals surface area contributed by atoms with Gasteiger partial charge in [0.1, 0.15) is 11.5 Å². The first-order valence-electron chi connectivity index (χ1n) is 12.2. The second-order valence-corrected chi connectivity index (χ2v) is 10.4. The smallest absolute Gasteiger partial charge is 0.189 e. The summed E-state index contributed by atoms with van der Waals surface area (Å²) in [6.45, 7) is 9.46. The maximum atomic E-state index is 13.9. The fourth-order valence-electron chi connectivity index (χ4n) is 5.40. The number of Topliss-reactive ketones (excluding diaryl/α,β-unsaturated/α-hetero) is 1. The molecule has 0 aliphatic carbocycles. The van der Waals surface area contributed by atoms with Crippen molar-refractivity contribution in [2.24, 2.45) is 17.8 Å². The molecule has 196 valence electrons. The fraction of sp³-hybridized carbons (Fsp3) is 0.692. The lowest BCUT2D eigenvalue weighted by Crippen LogP contribution is -2.55. The van der Waals surface area contributed by atoms with Gasteiger partial charge in [-0.3, -0.25) is 9.59 Å². The van der Waals surface area contributed by atoms with Crippen molar-refractivity contribution in [3.05, 3.63) is 22.8 Å². The van der Waals surface area contributed by atoms with Gasteiger partial charge in [0.15, 0.2) is 24.0 Å². The maximum absolute atomic E-state index is 13.9. The number of aldehydes is 1. The Bertz CT molecular complexity index is 929. The molecule has 0 amide bonds. The molecule has 2 heterocycles. The zero-order valence-corrected chi connectivity index (χ0v) is 21.2. The van der Waals surface area contributed by atoms with E-state index in [2.05, 4.69) is 0 Å². The highest BCUT2D eigenvalue weighted by molar-refractivity contribution is 6.04. The van der Waals surface area contributed by atoms with Crippen LogP contribution in [0.5, 0.6) is 11.5 Å². The van der Waals surface area contributed by atoms with Crippen molar-refractivity contribution < 1.29 is 44.2 Å². The summed E-state index contributed by atoms with van der Waals surface area (Å²) in [6.07, 6.45) is -2.92. The van der Waals surface area contributed by atoms with Gasteiger partial charge < -0.3 is 34.6 Å². The van der Waals surface area contributed by atoms with Crippen LogP contribution in [0.1, 0.15) is 86.3 Å². The Morgan fingerprint density at radius 2 is 1.89 bits per heavy atom. The number of benzene rings is 1. The Morgan fingerprint density at radius 1 is 1.23 bits per heavy atom. The van der Waals surface area contributed by atoms with Crippen molar-refractivity contribution in [3.8, 4) is 11.5 Å². The molecule has 0 radical (unpaired) electrons. The lowest BCUT2D eigenvalue weighted by molar-refractivity contribution is -0.239. The van der Waals surface area contributed by atoms with Crippen LogP contribution in [0.2, 0.25) is 0 Å². The van der Waals surface area contributed by atoms with Gasteiger partial charge in [-0.15, -0.1) is 0 Å². The molecular formula is C26H38O9. The van der Waals surface area contributed by atoms with Crippen molar-refractivity contribution in [1.82, 2.24) is 0 Å². The number of hydrogen-bond donors (Lipinski definition) is 4. The fourth-order valence-corrected chi connectivity index (χ4v) is 5.40. The van der Waals surface area contributed by atoms with E-state index < -0.39 is 59.0 Å². The number of aliphatic hydroxyl groups excluding tert-OH is 2. The van der Waals surface area contributed by atoms with Crippen molar-refractivity contribution in [2.45, 2.75) is 90.2 Å². The molecule has 0 saturated carbocycles. The predicted octanol–water partition coefficient (Wildman–Crippen LogP) is 3.11. The Kier molecular flexibility index (Phi) is 8.28. The first-order valence-corrected chi connectivity index (χ1v) is 12.2. The van der Waals surface area contributed by atoms with E-state index in [-0.39, 0.29) is 35.5 Å². The second-order valence-electron chi connectivity index (χ2n) is 10.4. The number of phenols is 2. The molecule has 1 aromatic carbocycles. The molecule has 2 fully saturated rings. The molecule has 7 atom stereocenters. The van der Waals surface area contributed by atoms with Crippen molar-refractivity contribution in [1.29, 1.82) is 0 Å². The Morgan fingerprint density at radius 3 is 2.34 bits per heavy atom. The zero-order valence-electron chi connectivity index (χ0n) is 21.2. The van der Waals surface area contributed by atoms with Crippen molar-refractivity contribution in [2.75, 3.05) is 7.11 Å². The van der Waals surface area contributed by atoms with Crippen molar-refractivity contribution >= 4 is 12.1 Å². The molecule has 1 aromatic rings. The average Bonchev–Trinajstić information content (AvgIpc) is 3.53. The lowest BCUT2D eigenvalue weighted by atomic mass is 9.78. The summed E-state index contributed by atoms with van der Waals surface area (Å²) in [5.41, 5.74) is -1.50. The normalized spacial score (nSPS) is 30.0. The topological polar surface area (TPSA) is 146 Å². The number of rotatable bonds is 10. The van der Waals surface area contributed by atoms with E-state index in [1.54, 1.807) is 0 Å². The van der Waals surface area contributed by atoms with Gasteiger partial charge in [-0.25, -0.2) is 0 Å².